The van der Waals surface area contributed by atoms with E-state index in [4.69, 9.17) is 14.0 Å². The third kappa shape index (κ3) is 3.20. The van der Waals surface area contributed by atoms with E-state index in [0.717, 1.165) is 4.88 Å². The zero-order chi connectivity index (χ0) is 15.6. The lowest BCUT2D eigenvalue weighted by Crippen LogP contribution is -2.41. The third-order valence-corrected chi connectivity index (χ3v) is 5.95. The second-order valence-corrected chi connectivity index (χ2v) is 7.64. The highest BCUT2D eigenvalue weighted by Crippen LogP contribution is 2.22. The van der Waals surface area contributed by atoms with Crippen molar-refractivity contribution in [2.24, 2.45) is 0 Å². The van der Waals surface area contributed by atoms with Crippen LogP contribution >= 0.6 is 11.3 Å². The number of aromatic nitrogens is 2. The quantitative estimate of drug-likeness (QED) is 0.819. The Hall–Kier alpha value is -1.33. The summed E-state index contributed by atoms with van der Waals surface area (Å²) in [6.45, 7) is 0.345. The molecule has 10 heteroatoms. The van der Waals surface area contributed by atoms with Gasteiger partial charge in [-0.3, -0.25) is 0 Å². The summed E-state index contributed by atoms with van der Waals surface area (Å²) >= 11 is 1.47. The van der Waals surface area contributed by atoms with Crippen molar-refractivity contribution < 1.29 is 22.4 Å². The van der Waals surface area contributed by atoms with Gasteiger partial charge in [0.05, 0.1) is 24.6 Å². The first-order chi connectivity index (χ1) is 10.6. The summed E-state index contributed by atoms with van der Waals surface area (Å²) in [4.78, 5) is 5.00. The summed E-state index contributed by atoms with van der Waals surface area (Å²) < 4.78 is 42.4. The van der Waals surface area contributed by atoms with Gasteiger partial charge in [0.25, 0.3) is 5.89 Å². The Morgan fingerprint density at radius 2 is 2.36 bits per heavy atom. The number of nitrogens with one attached hydrogen (secondary N) is 1. The van der Waals surface area contributed by atoms with Gasteiger partial charge >= 0.3 is 0 Å². The van der Waals surface area contributed by atoms with E-state index in [1.54, 1.807) is 0 Å². The lowest BCUT2D eigenvalue weighted by molar-refractivity contribution is 0.0828. The van der Waals surface area contributed by atoms with Gasteiger partial charge in [-0.15, -0.1) is 11.3 Å². The predicted octanol–water partition coefficient (Wildman–Crippen LogP) is 0.631. The number of thiophene rings is 1. The van der Waals surface area contributed by atoms with Crippen LogP contribution in [0, 0.1) is 0 Å². The van der Waals surface area contributed by atoms with Gasteiger partial charge in [0.1, 0.15) is 11.4 Å². The minimum absolute atomic E-state index is 0.0376. The van der Waals surface area contributed by atoms with E-state index in [2.05, 4.69) is 14.9 Å². The predicted molar refractivity (Wildman–Crippen MR) is 78.8 cm³/mol. The minimum atomic E-state index is -3.58. The molecule has 120 valence electrons. The lowest BCUT2D eigenvalue weighted by Gasteiger charge is -2.16. The summed E-state index contributed by atoms with van der Waals surface area (Å²) in [5.41, 5.74) is 0. The summed E-state index contributed by atoms with van der Waals surface area (Å²) in [6, 6.07) is 3.72. The minimum Gasteiger partial charge on any atom is -0.378 e. The zero-order valence-electron chi connectivity index (χ0n) is 11.8. The Bertz CT molecular complexity index is 713. The first-order valence-electron chi connectivity index (χ1n) is 6.55. The Morgan fingerprint density at radius 1 is 1.50 bits per heavy atom. The molecule has 2 unspecified atom stereocenters. The summed E-state index contributed by atoms with van der Waals surface area (Å²) in [6.07, 6.45) is -0.468. The van der Waals surface area contributed by atoms with Crippen LogP contribution in [0.1, 0.15) is 5.82 Å². The van der Waals surface area contributed by atoms with Crippen molar-refractivity contribution in [3.63, 3.8) is 0 Å². The molecule has 3 rings (SSSR count). The molecule has 3 heterocycles. The van der Waals surface area contributed by atoms with Crippen LogP contribution in [0.2, 0.25) is 0 Å². The van der Waals surface area contributed by atoms with E-state index in [1.807, 2.05) is 17.5 Å². The number of nitrogens with zero attached hydrogens (tertiary/aromatic N) is 2. The van der Waals surface area contributed by atoms with E-state index in [0.29, 0.717) is 5.89 Å². The number of sulfonamides is 1. The van der Waals surface area contributed by atoms with E-state index < -0.39 is 21.4 Å². The van der Waals surface area contributed by atoms with E-state index in [-0.39, 0.29) is 25.6 Å². The zero-order valence-corrected chi connectivity index (χ0v) is 13.4. The Morgan fingerprint density at radius 3 is 3.09 bits per heavy atom. The van der Waals surface area contributed by atoms with Crippen LogP contribution in [0.4, 0.5) is 0 Å². The maximum absolute atomic E-state index is 12.3. The first-order valence-corrected chi connectivity index (χ1v) is 8.98. The lowest BCUT2D eigenvalue weighted by atomic mass is 10.3. The van der Waals surface area contributed by atoms with E-state index in [9.17, 15) is 8.42 Å². The molecule has 8 nitrogen and oxygen atoms in total. The molecule has 0 bridgehead atoms. The van der Waals surface area contributed by atoms with E-state index >= 15 is 0 Å². The third-order valence-electron chi connectivity index (χ3n) is 3.31. The van der Waals surface area contributed by atoms with Crippen molar-refractivity contribution in [3.05, 3.63) is 23.3 Å². The van der Waals surface area contributed by atoms with Crippen LogP contribution in [0.5, 0.6) is 0 Å². The molecule has 1 fully saturated rings. The van der Waals surface area contributed by atoms with E-state index in [1.165, 1.54) is 18.4 Å². The fourth-order valence-electron chi connectivity index (χ4n) is 2.12. The second-order valence-electron chi connectivity index (χ2n) is 4.71. The van der Waals surface area contributed by atoms with Gasteiger partial charge in [-0.25, -0.2) is 13.1 Å². The van der Waals surface area contributed by atoms with Gasteiger partial charge in [0.2, 0.25) is 10.0 Å². The van der Waals surface area contributed by atoms with Crippen molar-refractivity contribution >= 4 is 21.4 Å². The molecule has 1 saturated heterocycles. The van der Waals surface area contributed by atoms with Crippen LogP contribution < -0.4 is 4.72 Å². The Balaban J connectivity index is 1.65. The summed E-state index contributed by atoms with van der Waals surface area (Å²) in [5.74, 6) is 0.656. The highest BCUT2D eigenvalue weighted by molar-refractivity contribution is 7.90. The van der Waals surface area contributed by atoms with Crippen molar-refractivity contribution in [2.75, 3.05) is 20.3 Å². The Labute approximate surface area is 131 Å². The van der Waals surface area contributed by atoms with Gasteiger partial charge in [-0.2, -0.15) is 4.98 Å². The standard InChI is InChI=1S/C12H15N3O5S2/c1-18-8-6-19-7-10(8)22(16,17)13-5-11-14-12(20-15-11)9-3-2-4-21-9/h2-4,8,10,13H,5-7H2,1H3. The molecule has 1 N–H and O–H groups in total. The SMILES string of the molecule is COC1COCC1S(=O)(=O)NCc1noc(-c2cccs2)n1. The highest BCUT2D eigenvalue weighted by atomic mass is 32.2. The summed E-state index contributed by atoms with van der Waals surface area (Å²) in [7, 11) is -2.12. The fraction of sp³-hybridized carbons (Fsp3) is 0.500. The van der Waals surface area contributed by atoms with Crippen LogP contribution in [0.15, 0.2) is 22.0 Å². The molecule has 2 aromatic heterocycles. The second kappa shape index (κ2) is 6.42. The molecular weight excluding hydrogens is 330 g/mol. The van der Waals surface area contributed by atoms with Crippen LogP contribution in [-0.2, 0) is 26.0 Å². The average molecular weight is 345 g/mol. The molecule has 0 radical (unpaired) electrons. The smallest absolute Gasteiger partial charge is 0.268 e. The molecular formula is C12H15N3O5S2. The van der Waals surface area contributed by atoms with Crippen molar-refractivity contribution in [2.45, 2.75) is 17.9 Å². The monoisotopic (exact) mass is 345 g/mol. The van der Waals surface area contributed by atoms with Crippen molar-refractivity contribution in [3.8, 4) is 10.8 Å². The molecule has 2 aromatic rings. The van der Waals surface area contributed by atoms with Gasteiger partial charge < -0.3 is 14.0 Å². The highest BCUT2D eigenvalue weighted by Gasteiger charge is 2.38. The molecule has 0 aliphatic carbocycles. The number of hydrogen-bond acceptors (Lipinski definition) is 8. The molecule has 22 heavy (non-hydrogen) atoms. The maximum atomic E-state index is 12.3. The van der Waals surface area contributed by atoms with Crippen molar-refractivity contribution in [1.82, 2.24) is 14.9 Å². The van der Waals surface area contributed by atoms with Gasteiger partial charge in [0.15, 0.2) is 5.82 Å². The largest absolute Gasteiger partial charge is 0.378 e. The molecule has 0 spiro atoms. The molecule has 1 aliphatic heterocycles. The topological polar surface area (TPSA) is 104 Å². The van der Waals surface area contributed by atoms with Crippen LogP contribution in [0.3, 0.4) is 0 Å². The van der Waals surface area contributed by atoms with Crippen LogP contribution in [0.25, 0.3) is 10.8 Å². The number of rotatable bonds is 6. The number of hydrogen-bond donors (Lipinski definition) is 1. The average Bonchev–Trinajstić information content (AvgIpc) is 3.23. The molecule has 0 amide bonds. The molecule has 0 saturated carbocycles. The van der Waals surface area contributed by atoms with Gasteiger partial charge in [-0.05, 0) is 11.4 Å². The Kier molecular flexibility index (Phi) is 4.54. The first kappa shape index (κ1) is 15.6. The fourth-order valence-corrected chi connectivity index (χ4v) is 4.18. The van der Waals surface area contributed by atoms with Gasteiger partial charge in [-0.1, -0.05) is 11.2 Å². The summed E-state index contributed by atoms with van der Waals surface area (Å²) in [5, 5.41) is 4.93. The van der Waals surface area contributed by atoms with Gasteiger partial charge in [0, 0.05) is 7.11 Å². The van der Waals surface area contributed by atoms with Crippen molar-refractivity contribution in [1.29, 1.82) is 0 Å². The molecule has 0 aromatic carbocycles. The number of ether oxygens (including phenoxy) is 2. The molecule has 2 atom stereocenters. The maximum Gasteiger partial charge on any atom is 0.268 e. The molecule has 1 aliphatic rings. The van der Waals surface area contributed by atoms with Crippen LogP contribution in [-0.4, -0.2) is 50.2 Å². The number of methoxy groups -OCH3 is 1. The normalized spacial score (nSPS) is 22.2.